The average Bonchev–Trinajstić information content (AvgIpc) is 2.69. The van der Waals surface area contributed by atoms with Crippen molar-refractivity contribution in [2.45, 2.75) is 12.8 Å². The Morgan fingerprint density at radius 1 is 0.900 bits per heavy atom. The molecule has 0 aliphatic heterocycles. The Morgan fingerprint density at radius 3 is 1.97 bits per heavy atom. The highest BCUT2D eigenvalue weighted by Gasteiger charge is 2.15. The quantitative estimate of drug-likeness (QED) is 0.557. The number of rotatable bonds is 7. The van der Waals surface area contributed by atoms with E-state index in [-0.39, 0.29) is 24.2 Å². The molecule has 0 heterocycles. The number of hydrogen-bond acceptors (Lipinski definition) is 4. The molecule has 0 aliphatic rings. The number of carbonyl (C=O) groups is 2. The Kier molecular flexibility index (Phi) is 6.01. The van der Waals surface area contributed by atoms with Gasteiger partial charge in [-0.3, -0.25) is 9.59 Å². The molecular weight excluding hydrogens is 387 g/mol. The molecule has 0 saturated carbocycles. The van der Waals surface area contributed by atoms with Gasteiger partial charge in [0.1, 0.15) is 17.3 Å². The highest BCUT2D eigenvalue weighted by atomic mass is 19.1. The summed E-state index contributed by atoms with van der Waals surface area (Å²) in [5, 5.41) is 10.9. The number of hydrogen-bond donors (Lipinski definition) is 3. The minimum atomic E-state index is -0.625. The number of benzene rings is 3. The zero-order valence-corrected chi connectivity index (χ0v) is 16.3. The van der Waals surface area contributed by atoms with Gasteiger partial charge in [-0.25, -0.2) is 4.39 Å². The predicted octanol–water partition coefficient (Wildman–Crippen LogP) is 2.93. The van der Waals surface area contributed by atoms with Gasteiger partial charge in [0.05, 0.1) is 20.0 Å². The van der Waals surface area contributed by atoms with Crippen molar-refractivity contribution in [1.82, 2.24) is 0 Å². The van der Waals surface area contributed by atoms with Crippen LogP contribution in [0.2, 0.25) is 0 Å². The van der Waals surface area contributed by atoms with Gasteiger partial charge in [0.15, 0.2) is 0 Å². The van der Waals surface area contributed by atoms with Crippen molar-refractivity contribution in [3.63, 3.8) is 0 Å². The first-order valence-corrected chi connectivity index (χ1v) is 9.14. The summed E-state index contributed by atoms with van der Waals surface area (Å²) in [6.07, 6.45) is -0.165. The molecular formula is C23H21FN2O4. The maximum atomic E-state index is 14.4. The van der Waals surface area contributed by atoms with E-state index in [0.717, 1.165) is 0 Å². The van der Waals surface area contributed by atoms with Crippen molar-refractivity contribution < 1.29 is 23.8 Å². The minimum Gasteiger partial charge on any atom is -0.507 e. The van der Waals surface area contributed by atoms with Crippen LogP contribution in [0.3, 0.4) is 0 Å². The van der Waals surface area contributed by atoms with E-state index in [0.29, 0.717) is 33.6 Å². The number of phenols is 1. The summed E-state index contributed by atoms with van der Waals surface area (Å²) in [7, 11) is 1.48. The monoisotopic (exact) mass is 408 g/mol. The molecule has 6 nitrogen and oxygen atoms in total. The van der Waals surface area contributed by atoms with Gasteiger partial charge in [-0.05, 0) is 28.8 Å². The number of methoxy groups -OCH3 is 1. The van der Waals surface area contributed by atoms with Gasteiger partial charge in [0, 0.05) is 16.7 Å². The number of phenolic OH excluding ortho intramolecular Hbond substituents is 1. The molecule has 30 heavy (non-hydrogen) atoms. The standard InChI is InChI=1S/C23H21FN2O4/c1-30-20-10-14(6-8-16(20)12-22(26)28)18-4-2-3-17(23(18)29)13-5-7-15(11-21(25)27)19(24)9-13/h2-10,29H,11-12H2,1H3,(H2,25,27)(H2,26,28). The van der Waals surface area contributed by atoms with E-state index in [9.17, 15) is 19.1 Å². The van der Waals surface area contributed by atoms with Crippen molar-refractivity contribution in [3.05, 3.63) is 71.5 Å². The molecule has 0 unspecified atom stereocenters. The first kappa shape index (κ1) is 20.9. The van der Waals surface area contributed by atoms with Crippen LogP contribution in [0.4, 0.5) is 4.39 Å². The Balaban J connectivity index is 2.03. The summed E-state index contributed by atoms with van der Waals surface area (Å²) in [4.78, 5) is 22.3. The van der Waals surface area contributed by atoms with E-state index in [4.69, 9.17) is 16.2 Å². The number of carbonyl (C=O) groups excluding carboxylic acids is 2. The van der Waals surface area contributed by atoms with Gasteiger partial charge in [0.2, 0.25) is 11.8 Å². The molecule has 3 rings (SSSR count). The largest absolute Gasteiger partial charge is 0.507 e. The van der Waals surface area contributed by atoms with Crippen LogP contribution in [-0.4, -0.2) is 24.0 Å². The molecule has 3 aromatic rings. The highest BCUT2D eigenvalue weighted by molar-refractivity contribution is 5.84. The van der Waals surface area contributed by atoms with Crippen LogP contribution in [0.5, 0.6) is 11.5 Å². The van der Waals surface area contributed by atoms with E-state index in [1.165, 1.54) is 19.2 Å². The lowest BCUT2D eigenvalue weighted by molar-refractivity contribution is -0.118. The molecule has 7 heteroatoms. The second-order valence-electron chi connectivity index (χ2n) is 6.82. The first-order valence-electron chi connectivity index (χ1n) is 9.14. The van der Waals surface area contributed by atoms with Gasteiger partial charge in [-0.15, -0.1) is 0 Å². The third-order valence-corrected chi connectivity index (χ3v) is 4.73. The lowest BCUT2D eigenvalue weighted by Crippen LogP contribution is -2.14. The van der Waals surface area contributed by atoms with Gasteiger partial charge < -0.3 is 21.3 Å². The Morgan fingerprint density at radius 2 is 1.43 bits per heavy atom. The van der Waals surface area contributed by atoms with E-state index >= 15 is 0 Å². The van der Waals surface area contributed by atoms with Gasteiger partial charge in [0.25, 0.3) is 0 Å². The summed E-state index contributed by atoms with van der Waals surface area (Å²) < 4.78 is 19.7. The number of amides is 2. The summed E-state index contributed by atoms with van der Waals surface area (Å²) in [6.45, 7) is 0. The zero-order chi connectivity index (χ0) is 21.8. The summed E-state index contributed by atoms with van der Waals surface area (Å²) in [6, 6.07) is 14.6. The number of para-hydroxylation sites is 1. The average molecular weight is 408 g/mol. The van der Waals surface area contributed by atoms with E-state index in [1.807, 2.05) is 0 Å². The minimum absolute atomic E-state index is 0.0341. The summed E-state index contributed by atoms with van der Waals surface area (Å²) >= 11 is 0. The fourth-order valence-electron chi connectivity index (χ4n) is 3.30. The number of halogens is 1. The molecule has 0 bridgehead atoms. The Bertz CT molecular complexity index is 1130. The normalized spacial score (nSPS) is 10.6. The lowest BCUT2D eigenvalue weighted by atomic mass is 9.95. The van der Waals surface area contributed by atoms with Gasteiger partial charge in [-0.1, -0.05) is 42.5 Å². The molecule has 5 N–H and O–H groups in total. The van der Waals surface area contributed by atoms with Crippen molar-refractivity contribution in [2.75, 3.05) is 7.11 Å². The van der Waals surface area contributed by atoms with E-state index < -0.39 is 17.6 Å². The Hall–Kier alpha value is -3.87. The van der Waals surface area contributed by atoms with E-state index in [1.54, 1.807) is 42.5 Å². The zero-order valence-electron chi connectivity index (χ0n) is 16.3. The molecule has 0 aliphatic carbocycles. The van der Waals surface area contributed by atoms with Crippen LogP contribution in [0, 0.1) is 5.82 Å². The highest BCUT2D eigenvalue weighted by Crippen LogP contribution is 2.39. The van der Waals surface area contributed by atoms with Crippen LogP contribution in [0.15, 0.2) is 54.6 Å². The topological polar surface area (TPSA) is 116 Å². The summed E-state index contributed by atoms with van der Waals surface area (Å²) in [5.41, 5.74) is 13.3. The number of primary amides is 2. The van der Waals surface area contributed by atoms with Crippen LogP contribution in [0.1, 0.15) is 11.1 Å². The lowest BCUT2D eigenvalue weighted by Gasteiger charge is -2.14. The third kappa shape index (κ3) is 4.41. The fourth-order valence-corrected chi connectivity index (χ4v) is 3.30. The fraction of sp³-hybridized carbons (Fsp3) is 0.130. The molecule has 0 spiro atoms. The van der Waals surface area contributed by atoms with Crippen LogP contribution in [-0.2, 0) is 22.4 Å². The SMILES string of the molecule is COc1cc(-c2cccc(-c3ccc(CC(N)=O)c(F)c3)c2O)ccc1CC(N)=O. The molecule has 3 aromatic carbocycles. The van der Waals surface area contributed by atoms with Crippen molar-refractivity contribution >= 4 is 11.8 Å². The van der Waals surface area contributed by atoms with Crippen molar-refractivity contribution in [3.8, 4) is 33.8 Å². The molecule has 0 atom stereocenters. The second-order valence-corrected chi connectivity index (χ2v) is 6.82. The maximum Gasteiger partial charge on any atom is 0.221 e. The Labute approximate surface area is 172 Å². The molecule has 2 amide bonds. The maximum absolute atomic E-state index is 14.4. The first-order chi connectivity index (χ1) is 14.3. The smallest absolute Gasteiger partial charge is 0.221 e. The summed E-state index contributed by atoms with van der Waals surface area (Å²) in [5.74, 6) is -1.25. The second kappa shape index (κ2) is 8.65. The molecule has 154 valence electrons. The molecule has 0 radical (unpaired) electrons. The molecule has 0 aromatic heterocycles. The van der Waals surface area contributed by atoms with Gasteiger partial charge >= 0.3 is 0 Å². The van der Waals surface area contributed by atoms with Crippen molar-refractivity contribution in [2.24, 2.45) is 11.5 Å². The van der Waals surface area contributed by atoms with Crippen LogP contribution < -0.4 is 16.2 Å². The molecule has 0 saturated heterocycles. The predicted molar refractivity (Wildman–Crippen MR) is 111 cm³/mol. The number of nitrogens with two attached hydrogens (primary N) is 2. The van der Waals surface area contributed by atoms with Gasteiger partial charge in [-0.2, -0.15) is 0 Å². The van der Waals surface area contributed by atoms with Crippen LogP contribution in [0.25, 0.3) is 22.3 Å². The number of aromatic hydroxyl groups is 1. The number of ether oxygens (including phenoxy) is 1. The van der Waals surface area contributed by atoms with Crippen molar-refractivity contribution in [1.29, 1.82) is 0 Å². The molecule has 0 fully saturated rings. The van der Waals surface area contributed by atoms with Crippen LogP contribution >= 0.6 is 0 Å². The van der Waals surface area contributed by atoms with E-state index in [2.05, 4.69) is 0 Å². The third-order valence-electron chi connectivity index (χ3n) is 4.73.